The van der Waals surface area contributed by atoms with E-state index in [2.05, 4.69) is 44.6 Å². The van der Waals surface area contributed by atoms with Crippen LogP contribution in [0.15, 0.2) is 59.5 Å². The second kappa shape index (κ2) is 7.85. The minimum absolute atomic E-state index is 0.148. The van der Waals surface area contributed by atoms with E-state index in [1.807, 2.05) is 6.07 Å². The van der Waals surface area contributed by atoms with Crippen molar-refractivity contribution < 1.29 is 4.79 Å². The van der Waals surface area contributed by atoms with E-state index in [-0.39, 0.29) is 18.1 Å². The molecule has 4 aromatic rings. The number of nitrogens with one attached hydrogen (secondary N) is 1. The molecule has 3 aromatic heterocycles. The van der Waals surface area contributed by atoms with Crippen molar-refractivity contribution in [2.24, 2.45) is 0 Å². The number of fused-ring (bicyclic) bond motifs is 2. The normalized spacial score (nSPS) is 14.0. The second-order valence-electron chi connectivity index (χ2n) is 7.25. The Morgan fingerprint density at radius 2 is 1.97 bits per heavy atom. The van der Waals surface area contributed by atoms with Crippen LogP contribution in [0.5, 0.6) is 0 Å². The molecule has 30 heavy (non-hydrogen) atoms. The molecule has 1 aromatic carbocycles. The molecule has 0 unspecified atom stereocenters. The molecule has 0 aliphatic carbocycles. The monoisotopic (exact) mass is 420 g/mol. The van der Waals surface area contributed by atoms with Crippen molar-refractivity contribution >= 4 is 28.0 Å². The fraction of sp³-hybridized carbons (Fsp3) is 0.238. The average Bonchev–Trinajstić information content (AvgIpc) is 3.29. The van der Waals surface area contributed by atoms with Gasteiger partial charge < -0.3 is 5.32 Å². The Morgan fingerprint density at radius 1 is 1.13 bits per heavy atom. The van der Waals surface area contributed by atoms with Gasteiger partial charge in [-0.1, -0.05) is 36.4 Å². The maximum Gasteiger partial charge on any atom is 0.350 e. The topological polar surface area (TPSA) is 84.5 Å². The predicted molar refractivity (Wildman–Crippen MR) is 114 cm³/mol. The summed E-state index contributed by atoms with van der Waals surface area (Å²) >= 11 is 1.50. The minimum atomic E-state index is -0.337. The molecule has 5 rings (SSSR count). The first-order chi connectivity index (χ1) is 14.7. The van der Waals surface area contributed by atoms with Crippen LogP contribution in [0, 0.1) is 0 Å². The van der Waals surface area contributed by atoms with E-state index in [0.717, 1.165) is 31.7 Å². The number of rotatable bonds is 5. The number of benzene rings is 1. The molecule has 4 heterocycles. The van der Waals surface area contributed by atoms with Gasteiger partial charge in [0, 0.05) is 37.1 Å². The van der Waals surface area contributed by atoms with Crippen LogP contribution in [0.25, 0.3) is 5.65 Å². The van der Waals surface area contributed by atoms with Gasteiger partial charge in [-0.25, -0.2) is 14.5 Å². The van der Waals surface area contributed by atoms with Gasteiger partial charge in [-0.05, 0) is 17.7 Å². The number of pyridine rings is 1. The molecular formula is C21H20N6O2S. The zero-order chi connectivity index (χ0) is 20.5. The molecule has 0 bridgehead atoms. The van der Waals surface area contributed by atoms with Crippen LogP contribution in [0.1, 0.15) is 16.1 Å². The maximum atomic E-state index is 12.5. The third-order valence-corrected chi connectivity index (χ3v) is 6.09. The summed E-state index contributed by atoms with van der Waals surface area (Å²) in [5.41, 5.74) is 2.51. The van der Waals surface area contributed by atoms with E-state index < -0.39 is 0 Å². The summed E-state index contributed by atoms with van der Waals surface area (Å²) in [7, 11) is 0. The first-order valence-corrected chi connectivity index (χ1v) is 10.6. The van der Waals surface area contributed by atoms with Crippen molar-refractivity contribution in [3.8, 4) is 0 Å². The van der Waals surface area contributed by atoms with Crippen LogP contribution >= 0.6 is 11.3 Å². The van der Waals surface area contributed by atoms with Crippen LogP contribution < -0.4 is 11.0 Å². The van der Waals surface area contributed by atoms with E-state index in [0.29, 0.717) is 10.8 Å². The molecule has 0 saturated carbocycles. The third-order valence-electron chi connectivity index (χ3n) is 5.09. The van der Waals surface area contributed by atoms with Gasteiger partial charge in [-0.15, -0.1) is 16.4 Å². The average molecular weight is 420 g/mol. The Hall–Kier alpha value is -3.30. The zero-order valence-electron chi connectivity index (χ0n) is 16.2. The zero-order valence-corrected chi connectivity index (χ0v) is 17.0. The molecule has 152 valence electrons. The predicted octanol–water partition coefficient (Wildman–Crippen LogP) is 2.15. The summed E-state index contributed by atoms with van der Waals surface area (Å²) in [6.07, 6.45) is 2.50. The summed E-state index contributed by atoms with van der Waals surface area (Å²) in [6, 6.07) is 15.7. The lowest BCUT2D eigenvalue weighted by atomic mass is 10.1. The maximum absolute atomic E-state index is 12.5. The SMILES string of the molecule is O=C(Cn1nc2ccccn2c1=O)Nc1nc2c(s1)CN(Cc1ccccc1)CC2. The van der Waals surface area contributed by atoms with Gasteiger partial charge in [0.15, 0.2) is 10.8 Å². The Morgan fingerprint density at radius 3 is 2.80 bits per heavy atom. The number of aromatic nitrogens is 4. The first-order valence-electron chi connectivity index (χ1n) is 9.74. The number of carbonyl (C=O) groups is 1. The Balaban J connectivity index is 1.25. The lowest BCUT2D eigenvalue weighted by Crippen LogP contribution is -2.29. The van der Waals surface area contributed by atoms with Gasteiger partial charge in [-0.3, -0.25) is 14.1 Å². The third kappa shape index (κ3) is 3.77. The first kappa shape index (κ1) is 18.7. The van der Waals surface area contributed by atoms with Crippen molar-refractivity contribution in [2.45, 2.75) is 26.1 Å². The van der Waals surface area contributed by atoms with Crippen molar-refractivity contribution in [2.75, 3.05) is 11.9 Å². The fourth-order valence-corrected chi connectivity index (χ4v) is 4.71. The molecule has 0 spiro atoms. The molecule has 1 aliphatic heterocycles. The molecule has 0 radical (unpaired) electrons. The number of nitrogens with zero attached hydrogens (tertiary/aromatic N) is 5. The van der Waals surface area contributed by atoms with Crippen LogP contribution in [0.4, 0.5) is 5.13 Å². The molecule has 0 atom stereocenters. The molecule has 1 amide bonds. The molecule has 1 aliphatic rings. The van der Waals surface area contributed by atoms with Crippen LogP contribution in [0.2, 0.25) is 0 Å². The highest BCUT2D eigenvalue weighted by molar-refractivity contribution is 7.15. The second-order valence-corrected chi connectivity index (χ2v) is 8.34. The van der Waals surface area contributed by atoms with Gasteiger partial charge in [-0.2, -0.15) is 0 Å². The summed E-state index contributed by atoms with van der Waals surface area (Å²) in [6.45, 7) is 2.51. The minimum Gasteiger partial charge on any atom is -0.300 e. The van der Waals surface area contributed by atoms with E-state index >= 15 is 0 Å². The number of thiazole rings is 1. The summed E-state index contributed by atoms with van der Waals surface area (Å²) in [5, 5.41) is 7.59. The summed E-state index contributed by atoms with van der Waals surface area (Å²) < 4.78 is 2.58. The highest BCUT2D eigenvalue weighted by Crippen LogP contribution is 2.29. The number of hydrogen-bond acceptors (Lipinski definition) is 6. The van der Waals surface area contributed by atoms with Gasteiger partial charge in [0.1, 0.15) is 6.54 Å². The van der Waals surface area contributed by atoms with Gasteiger partial charge in [0.25, 0.3) is 0 Å². The Bertz CT molecular complexity index is 1260. The van der Waals surface area contributed by atoms with Crippen LogP contribution in [-0.2, 0) is 30.8 Å². The molecule has 1 N–H and O–H groups in total. The van der Waals surface area contributed by atoms with Gasteiger partial charge in [0.2, 0.25) is 5.91 Å². The standard InChI is InChI=1S/C21H20N6O2S/c28-19(14-27-21(29)26-10-5-4-8-18(26)24-27)23-20-22-16-9-11-25(13-17(16)30-20)12-15-6-2-1-3-7-15/h1-8,10H,9,11-14H2,(H,22,23,28). The number of amides is 1. The van der Waals surface area contributed by atoms with Crippen molar-refractivity contribution in [1.29, 1.82) is 0 Å². The summed E-state index contributed by atoms with van der Waals surface area (Å²) in [4.78, 5) is 32.9. The molecule has 0 fully saturated rings. The number of carbonyl (C=O) groups excluding carboxylic acids is 1. The number of anilines is 1. The van der Waals surface area contributed by atoms with Crippen LogP contribution in [0.3, 0.4) is 0 Å². The van der Waals surface area contributed by atoms with E-state index in [1.165, 1.54) is 30.9 Å². The van der Waals surface area contributed by atoms with E-state index in [9.17, 15) is 9.59 Å². The highest BCUT2D eigenvalue weighted by Gasteiger charge is 2.22. The molecular weight excluding hydrogens is 400 g/mol. The quantitative estimate of drug-likeness (QED) is 0.535. The van der Waals surface area contributed by atoms with Crippen molar-refractivity contribution in [3.63, 3.8) is 0 Å². The number of hydrogen-bond donors (Lipinski definition) is 1. The van der Waals surface area contributed by atoms with E-state index in [1.54, 1.807) is 24.4 Å². The molecule has 0 saturated heterocycles. The molecule has 9 heteroatoms. The fourth-order valence-electron chi connectivity index (χ4n) is 3.64. The van der Waals surface area contributed by atoms with Crippen molar-refractivity contribution in [3.05, 3.63) is 81.3 Å². The lowest BCUT2D eigenvalue weighted by molar-refractivity contribution is -0.117. The van der Waals surface area contributed by atoms with E-state index in [4.69, 9.17) is 0 Å². The largest absolute Gasteiger partial charge is 0.350 e. The molecule has 8 nitrogen and oxygen atoms in total. The lowest BCUT2D eigenvalue weighted by Gasteiger charge is -2.25. The summed E-state index contributed by atoms with van der Waals surface area (Å²) in [5.74, 6) is -0.312. The van der Waals surface area contributed by atoms with Crippen molar-refractivity contribution in [1.82, 2.24) is 24.1 Å². The van der Waals surface area contributed by atoms with Gasteiger partial charge >= 0.3 is 5.69 Å². The smallest absolute Gasteiger partial charge is 0.300 e. The highest BCUT2D eigenvalue weighted by atomic mass is 32.1. The Kier molecular flexibility index (Phi) is 4.89. The van der Waals surface area contributed by atoms with Crippen LogP contribution in [-0.4, -0.2) is 36.5 Å². The van der Waals surface area contributed by atoms with Gasteiger partial charge in [0.05, 0.1) is 5.69 Å². The Labute approximate surface area is 176 Å².